The number of benzene rings is 1. The number of carboxylic acids is 2. The summed E-state index contributed by atoms with van der Waals surface area (Å²) >= 11 is 0. The summed E-state index contributed by atoms with van der Waals surface area (Å²) in [5.41, 5.74) is 6.08. The molecule has 5 amide bonds. The van der Waals surface area contributed by atoms with Gasteiger partial charge in [0.15, 0.2) is 0 Å². The highest BCUT2D eigenvalue weighted by atomic mass is 16.4. The molecule has 0 aromatic heterocycles. The van der Waals surface area contributed by atoms with Crippen molar-refractivity contribution < 1.29 is 48.9 Å². The first kappa shape index (κ1) is 37.5. The van der Waals surface area contributed by atoms with Gasteiger partial charge in [0, 0.05) is 19.4 Å². The lowest BCUT2D eigenvalue weighted by Gasteiger charge is -2.30. The zero-order valence-electron chi connectivity index (χ0n) is 26.3. The fraction of sp³-hybridized carbons (Fsp3) is 0.567. The van der Waals surface area contributed by atoms with E-state index in [1.54, 1.807) is 13.8 Å². The minimum Gasteiger partial charge on any atom is -0.508 e. The smallest absolute Gasteiger partial charge is 0.326 e. The molecule has 1 saturated heterocycles. The molecular formula is C30H44N6O10. The van der Waals surface area contributed by atoms with Crippen molar-refractivity contribution in [2.75, 3.05) is 6.54 Å². The number of amides is 5. The molecule has 0 radical (unpaired) electrons. The molecule has 254 valence electrons. The van der Waals surface area contributed by atoms with E-state index in [9.17, 15) is 48.9 Å². The van der Waals surface area contributed by atoms with E-state index in [-0.39, 0.29) is 31.6 Å². The van der Waals surface area contributed by atoms with Gasteiger partial charge in [-0.2, -0.15) is 0 Å². The molecule has 1 aromatic rings. The van der Waals surface area contributed by atoms with Crippen LogP contribution in [0.2, 0.25) is 0 Å². The third-order valence-corrected chi connectivity index (χ3v) is 7.50. The van der Waals surface area contributed by atoms with Gasteiger partial charge in [0.1, 0.15) is 36.0 Å². The summed E-state index contributed by atoms with van der Waals surface area (Å²) in [5, 5.41) is 38.4. The van der Waals surface area contributed by atoms with Crippen LogP contribution < -0.4 is 27.0 Å². The van der Waals surface area contributed by atoms with Gasteiger partial charge in [-0.05, 0) is 56.7 Å². The summed E-state index contributed by atoms with van der Waals surface area (Å²) in [6.45, 7) is 6.34. The number of nitrogens with zero attached hydrogens (tertiary/aromatic N) is 1. The molecular weight excluding hydrogens is 604 g/mol. The molecule has 1 aliphatic rings. The van der Waals surface area contributed by atoms with Crippen LogP contribution in [0.25, 0.3) is 0 Å². The third-order valence-electron chi connectivity index (χ3n) is 7.50. The van der Waals surface area contributed by atoms with Crippen molar-refractivity contribution in [1.82, 2.24) is 26.2 Å². The van der Waals surface area contributed by atoms with Crippen molar-refractivity contribution in [2.45, 2.75) is 96.1 Å². The van der Waals surface area contributed by atoms with Gasteiger partial charge in [0.2, 0.25) is 29.5 Å². The van der Waals surface area contributed by atoms with E-state index < -0.39 is 90.1 Å². The van der Waals surface area contributed by atoms with Crippen molar-refractivity contribution in [3.05, 3.63) is 29.8 Å². The Morgan fingerprint density at radius 2 is 1.50 bits per heavy atom. The van der Waals surface area contributed by atoms with Gasteiger partial charge in [0.25, 0.3) is 0 Å². The Kier molecular flexibility index (Phi) is 13.9. The Hall–Kier alpha value is -4.73. The minimum absolute atomic E-state index is 0.0146. The number of nitrogens with one attached hydrogen (secondary N) is 4. The largest absolute Gasteiger partial charge is 0.508 e. The lowest BCUT2D eigenvalue weighted by atomic mass is 10.00. The van der Waals surface area contributed by atoms with Gasteiger partial charge in [0.05, 0.1) is 6.04 Å². The first-order valence-electron chi connectivity index (χ1n) is 15.0. The zero-order valence-corrected chi connectivity index (χ0v) is 26.3. The van der Waals surface area contributed by atoms with Gasteiger partial charge in [-0.3, -0.25) is 28.8 Å². The average molecular weight is 649 g/mol. The number of carboxylic acid groups (broad SMARTS) is 2. The summed E-state index contributed by atoms with van der Waals surface area (Å²) in [5.74, 6) is -6.61. The number of aromatic hydroxyl groups is 1. The number of hydrogen-bond donors (Lipinski definition) is 8. The van der Waals surface area contributed by atoms with Crippen molar-refractivity contribution in [3.8, 4) is 5.75 Å². The maximum Gasteiger partial charge on any atom is 0.326 e. The Morgan fingerprint density at radius 3 is 2.04 bits per heavy atom. The van der Waals surface area contributed by atoms with Crippen molar-refractivity contribution in [2.24, 2.45) is 11.7 Å². The number of hydrogen-bond acceptors (Lipinski definition) is 9. The van der Waals surface area contributed by atoms with Crippen molar-refractivity contribution in [3.63, 3.8) is 0 Å². The van der Waals surface area contributed by atoms with Gasteiger partial charge < -0.3 is 47.2 Å². The molecule has 46 heavy (non-hydrogen) atoms. The van der Waals surface area contributed by atoms with Crippen molar-refractivity contribution >= 4 is 41.5 Å². The fourth-order valence-corrected chi connectivity index (χ4v) is 4.88. The van der Waals surface area contributed by atoms with E-state index in [0.717, 1.165) is 0 Å². The minimum atomic E-state index is -1.40. The molecule has 6 atom stereocenters. The molecule has 1 aliphatic heterocycles. The number of phenolic OH excluding ortho intramolecular Hbond substituents is 1. The Labute approximate surface area is 266 Å². The first-order valence-corrected chi connectivity index (χ1v) is 15.0. The topological polar surface area (TPSA) is 258 Å². The van der Waals surface area contributed by atoms with Crippen LogP contribution >= 0.6 is 0 Å². The number of likely N-dealkylation sites (tertiary alicyclic amines) is 1. The number of aliphatic carboxylic acids is 2. The second kappa shape index (κ2) is 17.1. The summed E-state index contributed by atoms with van der Waals surface area (Å²) < 4.78 is 0. The van der Waals surface area contributed by atoms with E-state index in [4.69, 9.17) is 5.73 Å². The molecule has 16 heteroatoms. The number of phenols is 1. The molecule has 0 spiro atoms. The van der Waals surface area contributed by atoms with Gasteiger partial charge in [-0.15, -0.1) is 0 Å². The molecule has 0 unspecified atom stereocenters. The summed E-state index contributed by atoms with van der Waals surface area (Å²) in [4.78, 5) is 89.5. The van der Waals surface area contributed by atoms with E-state index in [1.807, 2.05) is 0 Å². The SMILES string of the molecule is CC(C)[C@H](NC(=O)[C@H](CCC(=O)O)NC(=O)[C@@H]1CCCN1C(=O)[C@H](C)NC(=O)[C@H](C)N)C(=O)N[C@@H](Cc1ccc(O)cc1)C(=O)O. The van der Waals surface area contributed by atoms with Crippen LogP contribution in [0, 0.1) is 5.92 Å². The maximum absolute atomic E-state index is 13.4. The fourth-order valence-electron chi connectivity index (χ4n) is 4.88. The molecule has 0 bridgehead atoms. The van der Waals surface area contributed by atoms with Crippen LogP contribution in [0.4, 0.5) is 0 Å². The number of nitrogens with two attached hydrogens (primary N) is 1. The first-order chi connectivity index (χ1) is 21.5. The predicted octanol–water partition coefficient (Wildman–Crippen LogP) is -1.16. The van der Waals surface area contributed by atoms with Crippen LogP contribution in [-0.2, 0) is 40.0 Å². The molecule has 1 fully saturated rings. The third kappa shape index (κ3) is 11.0. The zero-order chi connectivity index (χ0) is 34.7. The van der Waals surface area contributed by atoms with Crippen LogP contribution in [0.5, 0.6) is 5.75 Å². The molecule has 1 heterocycles. The molecule has 16 nitrogen and oxygen atoms in total. The summed E-state index contributed by atoms with van der Waals surface area (Å²) in [6.07, 6.45) is -0.221. The second-order valence-electron chi connectivity index (χ2n) is 11.7. The lowest BCUT2D eigenvalue weighted by Crippen LogP contribution is -2.59. The number of rotatable bonds is 16. The van der Waals surface area contributed by atoms with E-state index >= 15 is 0 Å². The Bertz CT molecular complexity index is 1290. The van der Waals surface area contributed by atoms with Gasteiger partial charge >= 0.3 is 11.9 Å². The molecule has 0 aliphatic carbocycles. The number of carbonyl (C=O) groups is 7. The van der Waals surface area contributed by atoms with Gasteiger partial charge in [-0.25, -0.2) is 4.79 Å². The number of carbonyl (C=O) groups excluding carboxylic acids is 5. The monoisotopic (exact) mass is 648 g/mol. The standard InChI is InChI=1S/C30H44N6O10/c1-15(2)24(28(43)34-21(30(45)46)14-18-7-9-19(37)10-8-18)35-26(41)20(11-12-23(38)39)33-27(42)22-6-5-13-36(22)29(44)17(4)32-25(40)16(3)31/h7-10,15-17,20-22,24,37H,5-6,11-14,31H2,1-4H3,(H,32,40)(H,33,42)(H,34,43)(H,35,41)(H,38,39)(H,45,46)/t16-,17-,20-,21-,22-,24-/m0/s1. The van der Waals surface area contributed by atoms with Crippen molar-refractivity contribution in [1.29, 1.82) is 0 Å². The van der Waals surface area contributed by atoms with E-state index in [2.05, 4.69) is 21.3 Å². The van der Waals surface area contributed by atoms with Crippen LogP contribution in [0.3, 0.4) is 0 Å². The highest BCUT2D eigenvalue weighted by Crippen LogP contribution is 2.19. The van der Waals surface area contributed by atoms with Crippen LogP contribution in [0.1, 0.15) is 58.9 Å². The molecule has 1 aromatic carbocycles. The quantitative estimate of drug-likeness (QED) is 0.106. The molecule has 2 rings (SSSR count). The Balaban J connectivity index is 2.17. The molecule has 9 N–H and O–H groups in total. The summed E-state index contributed by atoms with van der Waals surface area (Å²) in [6, 6.07) is -1.10. The molecule has 0 saturated carbocycles. The lowest BCUT2D eigenvalue weighted by molar-refractivity contribution is -0.143. The highest BCUT2D eigenvalue weighted by molar-refractivity contribution is 5.96. The van der Waals surface area contributed by atoms with Crippen LogP contribution in [-0.4, -0.2) is 104 Å². The second-order valence-corrected chi connectivity index (χ2v) is 11.7. The van der Waals surface area contributed by atoms with E-state index in [0.29, 0.717) is 12.0 Å². The average Bonchev–Trinajstić information content (AvgIpc) is 3.47. The Morgan fingerprint density at radius 1 is 0.870 bits per heavy atom. The maximum atomic E-state index is 13.4. The van der Waals surface area contributed by atoms with E-state index in [1.165, 1.54) is 43.0 Å². The van der Waals surface area contributed by atoms with Gasteiger partial charge in [-0.1, -0.05) is 26.0 Å². The van der Waals surface area contributed by atoms with Crippen LogP contribution in [0.15, 0.2) is 24.3 Å². The highest BCUT2D eigenvalue weighted by Gasteiger charge is 2.38. The predicted molar refractivity (Wildman–Crippen MR) is 163 cm³/mol. The summed E-state index contributed by atoms with van der Waals surface area (Å²) in [7, 11) is 0. The normalized spacial score (nSPS) is 17.6.